The summed E-state index contributed by atoms with van der Waals surface area (Å²) >= 11 is 0. The number of rotatable bonds is 1. The average Bonchev–Trinajstić information content (AvgIpc) is 2.44. The molecule has 70 valence electrons. The van der Waals surface area contributed by atoms with Crippen LogP contribution in [-0.2, 0) is 4.79 Å². The Morgan fingerprint density at radius 3 is 2.54 bits per heavy atom. The smallest absolute Gasteiger partial charge is 0.310 e. The minimum Gasteiger partial charge on any atom is -0.481 e. The predicted molar refractivity (Wildman–Crippen MR) is 50.2 cm³/mol. The first-order valence-corrected chi connectivity index (χ1v) is 4.58. The van der Waals surface area contributed by atoms with Gasteiger partial charge in [0.1, 0.15) is 0 Å². The third-order valence-corrected chi connectivity index (χ3v) is 3.44. The maximum atomic E-state index is 11.0. The van der Waals surface area contributed by atoms with Crippen LogP contribution in [0.4, 0.5) is 0 Å². The third-order valence-electron chi connectivity index (χ3n) is 3.44. The van der Waals surface area contributed by atoms with Gasteiger partial charge < -0.3 is 5.11 Å². The molecule has 2 nitrogen and oxygen atoms in total. The highest BCUT2D eigenvalue weighted by atomic mass is 16.4. The van der Waals surface area contributed by atoms with E-state index in [0.717, 1.165) is 0 Å². The normalized spacial score (nSPS) is 40.4. The van der Waals surface area contributed by atoms with Gasteiger partial charge in [-0.25, -0.2) is 0 Å². The van der Waals surface area contributed by atoms with Gasteiger partial charge in [-0.05, 0) is 26.3 Å². The molecule has 2 rings (SSSR count). The predicted octanol–water partition coefficient (Wildman–Crippen LogP) is 2.23. The van der Waals surface area contributed by atoms with Crippen molar-refractivity contribution in [2.24, 2.45) is 17.3 Å². The summed E-state index contributed by atoms with van der Waals surface area (Å²) in [5.41, 5.74) is 1.96. The molecule has 0 aromatic carbocycles. The first-order chi connectivity index (χ1) is 5.99. The van der Waals surface area contributed by atoms with Gasteiger partial charge in [0.25, 0.3) is 0 Å². The summed E-state index contributed by atoms with van der Waals surface area (Å²) in [6, 6.07) is 0. The summed E-state index contributed by atoms with van der Waals surface area (Å²) in [7, 11) is 0. The highest BCUT2D eigenvalue weighted by Gasteiger charge is 2.68. The van der Waals surface area contributed by atoms with E-state index in [0.29, 0.717) is 0 Å². The largest absolute Gasteiger partial charge is 0.481 e. The Hall–Kier alpha value is -1.05. The molecule has 2 heteroatoms. The van der Waals surface area contributed by atoms with E-state index in [1.807, 2.05) is 26.8 Å². The van der Waals surface area contributed by atoms with Crippen molar-refractivity contribution in [3.8, 4) is 0 Å². The SMILES string of the molecule is CC(C)=C1C=C[C@H]2[C@@H]1C2(C)C(=O)O. The van der Waals surface area contributed by atoms with Crippen LogP contribution in [0.25, 0.3) is 0 Å². The summed E-state index contributed by atoms with van der Waals surface area (Å²) in [5.74, 6) is -0.171. The first kappa shape index (κ1) is 8.54. The van der Waals surface area contributed by atoms with Crippen molar-refractivity contribution < 1.29 is 9.90 Å². The van der Waals surface area contributed by atoms with E-state index >= 15 is 0 Å². The molecule has 0 aliphatic heterocycles. The number of fused-ring (bicyclic) bond motifs is 1. The molecule has 1 saturated carbocycles. The summed E-state index contributed by atoms with van der Waals surface area (Å²) in [6.45, 7) is 5.93. The second-order valence-electron chi connectivity index (χ2n) is 4.41. The quantitative estimate of drug-likeness (QED) is 0.668. The molecule has 0 aromatic heterocycles. The Kier molecular flexibility index (Phi) is 1.48. The fourth-order valence-electron chi connectivity index (χ4n) is 2.44. The molecule has 0 radical (unpaired) electrons. The van der Waals surface area contributed by atoms with Crippen molar-refractivity contribution in [1.29, 1.82) is 0 Å². The van der Waals surface area contributed by atoms with Gasteiger partial charge in [-0.15, -0.1) is 0 Å². The zero-order valence-corrected chi connectivity index (χ0v) is 8.16. The molecule has 0 heterocycles. The van der Waals surface area contributed by atoms with Crippen molar-refractivity contribution in [3.05, 3.63) is 23.3 Å². The Balaban J connectivity index is 2.36. The second kappa shape index (κ2) is 2.25. The van der Waals surface area contributed by atoms with E-state index in [-0.39, 0.29) is 11.8 Å². The lowest BCUT2D eigenvalue weighted by Gasteiger charge is -2.08. The summed E-state index contributed by atoms with van der Waals surface area (Å²) in [4.78, 5) is 11.0. The number of allylic oxidation sites excluding steroid dienone is 4. The molecule has 0 bridgehead atoms. The number of hydrogen-bond donors (Lipinski definition) is 1. The fraction of sp³-hybridized carbons (Fsp3) is 0.545. The van der Waals surface area contributed by atoms with E-state index in [1.165, 1.54) is 11.1 Å². The number of hydrogen-bond acceptors (Lipinski definition) is 1. The molecule has 0 aromatic rings. The van der Waals surface area contributed by atoms with Crippen LogP contribution in [0.5, 0.6) is 0 Å². The first-order valence-electron chi connectivity index (χ1n) is 4.58. The molecule has 1 unspecified atom stereocenters. The zero-order valence-electron chi connectivity index (χ0n) is 8.16. The lowest BCUT2D eigenvalue weighted by Crippen LogP contribution is -2.16. The van der Waals surface area contributed by atoms with Gasteiger partial charge >= 0.3 is 5.97 Å². The van der Waals surface area contributed by atoms with Gasteiger partial charge in [0.05, 0.1) is 5.41 Å². The van der Waals surface area contributed by atoms with Crippen molar-refractivity contribution in [2.45, 2.75) is 20.8 Å². The van der Waals surface area contributed by atoms with Gasteiger partial charge in [-0.3, -0.25) is 4.79 Å². The fourth-order valence-corrected chi connectivity index (χ4v) is 2.44. The molecule has 1 fully saturated rings. The van der Waals surface area contributed by atoms with Crippen LogP contribution in [0.1, 0.15) is 20.8 Å². The van der Waals surface area contributed by atoms with Crippen molar-refractivity contribution in [3.63, 3.8) is 0 Å². The molecule has 0 amide bonds. The minimum atomic E-state index is -0.661. The van der Waals surface area contributed by atoms with Crippen LogP contribution < -0.4 is 0 Å². The van der Waals surface area contributed by atoms with Crippen LogP contribution in [0, 0.1) is 17.3 Å². The highest BCUT2D eigenvalue weighted by Crippen LogP contribution is 2.66. The highest BCUT2D eigenvalue weighted by molar-refractivity contribution is 5.82. The Morgan fingerprint density at radius 1 is 1.54 bits per heavy atom. The number of carboxylic acid groups (broad SMARTS) is 1. The number of carboxylic acids is 1. The molecule has 13 heavy (non-hydrogen) atoms. The molecule has 2 aliphatic carbocycles. The van der Waals surface area contributed by atoms with Crippen LogP contribution in [0.3, 0.4) is 0 Å². The lowest BCUT2D eigenvalue weighted by molar-refractivity contribution is -0.143. The topological polar surface area (TPSA) is 37.3 Å². The van der Waals surface area contributed by atoms with Gasteiger partial charge in [0.15, 0.2) is 0 Å². The molecular formula is C11H14O2. The van der Waals surface area contributed by atoms with Crippen LogP contribution in [0.15, 0.2) is 23.3 Å². The number of carbonyl (C=O) groups is 1. The Labute approximate surface area is 78.0 Å². The summed E-state index contributed by atoms with van der Waals surface area (Å²) in [6.07, 6.45) is 4.12. The zero-order chi connectivity index (χ0) is 9.80. The van der Waals surface area contributed by atoms with E-state index < -0.39 is 11.4 Å². The van der Waals surface area contributed by atoms with Crippen LogP contribution in [0.2, 0.25) is 0 Å². The van der Waals surface area contributed by atoms with E-state index in [1.54, 1.807) is 0 Å². The summed E-state index contributed by atoms with van der Waals surface area (Å²) < 4.78 is 0. The molecular weight excluding hydrogens is 164 g/mol. The van der Waals surface area contributed by atoms with Crippen molar-refractivity contribution in [1.82, 2.24) is 0 Å². The van der Waals surface area contributed by atoms with Gasteiger partial charge in [0, 0.05) is 11.8 Å². The Bertz CT molecular complexity index is 334. The third kappa shape index (κ3) is 0.859. The molecule has 0 spiro atoms. The number of aliphatic carboxylic acids is 1. The molecule has 2 aliphatic rings. The standard InChI is InChI=1S/C11H14O2/c1-6(2)7-4-5-8-9(7)11(8,3)10(12)13/h4-5,8-9H,1-3H3,(H,12,13)/t8-,9+,11?/m0/s1. The monoisotopic (exact) mass is 178 g/mol. The molecule has 0 saturated heterocycles. The molecule has 1 N–H and O–H groups in total. The van der Waals surface area contributed by atoms with E-state index in [4.69, 9.17) is 5.11 Å². The molecule has 3 atom stereocenters. The lowest BCUT2D eigenvalue weighted by atomic mass is 9.97. The van der Waals surface area contributed by atoms with Crippen molar-refractivity contribution >= 4 is 5.97 Å². The maximum Gasteiger partial charge on any atom is 0.310 e. The second-order valence-corrected chi connectivity index (χ2v) is 4.41. The van der Waals surface area contributed by atoms with Crippen LogP contribution in [-0.4, -0.2) is 11.1 Å². The van der Waals surface area contributed by atoms with E-state index in [9.17, 15) is 4.79 Å². The van der Waals surface area contributed by atoms with Crippen LogP contribution >= 0.6 is 0 Å². The maximum absolute atomic E-state index is 11.0. The van der Waals surface area contributed by atoms with Crippen molar-refractivity contribution in [2.75, 3.05) is 0 Å². The van der Waals surface area contributed by atoms with Gasteiger partial charge in [0.2, 0.25) is 0 Å². The average molecular weight is 178 g/mol. The minimum absolute atomic E-state index is 0.245. The van der Waals surface area contributed by atoms with Gasteiger partial charge in [-0.2, -0.15) is 0 Å². The Morgan fingerprint density at radius 2 is 2.15 bits per heavy atom. The van der Waals surface area contributed by atoms with Gasteiger partial charge in [-0.1, -0.05) is 17.7 Å². The summed E-state index contributed by atoms with van der Waals surface area (Å²) in [5, 5.41) is 9.06. The van der Waals surface area contributed by atoms with E-state index in [2.05, 4.69) is 6.08 Å².